The largest absolute Gasteiger partial charge is 0.444 e. The average Bonchev–Trinajstić information content (AvgIpc) is 3.28. The minimum absolute atomic E-state index is 0.189. The van der Waals surface area contributed by atoms with Crippen LogP contribution in [0.3, 0.4) is 0 Å². The average molecular weight is 436 g/mol. The Labute approximate surface area is 187 Å². The number of amides is 1. The van der Waals surface area contributed by atoms with Gasteiger partial charge in [-0.2, -0.15) is 0 Å². The van der Waals surface area contributed by atoms with Crippen LogP contribution in [0.4, 0.5) is 4.79 Å². The van der Waals surface area contributed by atoms with Crippen molar-refractivity contribution in [3.05, 3.63) is 42.6 Å². The molecule has 2 saturated heterocycles. The molecule has 2 bridgehead atoms. The Morgan fingerprint density at radius 1 is 1.06 bits per heavy atom. The van der Waals surface area contributed by atoms with Crippen molar-refractivity contribution in [1.29, 1.82) is 0 Å². The van der Waals surface area contributed by atoms with E-state index in [9.17, 15) is 4.79 Å². The molecule has 0 radical (unpaired) electrons. The Morgan fingerprint density at radius 3 is 2.50 bits per heavy atom. The molecule has 1 amide bonds. The highest BCUT2D eigenvalue weighted by Gasteiger charge is 2.45. The summed E-state index contributed by atoms with van der Waals surface area (Å²) in [5, 5.41) is 0.873. The van der Waals surface area contributed by atoms with E-state index in [4.69, 9.17) is 9.47 Å². The molecule has 2 atom stereocenters. The first-order valence-electron chi connectivity index (χ1n) is 11.2. The van der Waals surface area contributed by atoms with Crippen molar-refractivity contribution in [3.8, 4) is 11.6 Å². The monoisotopic (exact) mass is 435 g/mol. The van der Waals surface area contributed by atoms with Crippen molar-refractivity contribution >= 4 is 17.1 Å². The fourth-order valence-corrected chi connectivity index (χ4v) is 4.99. The van der Waals surface area contributed by atoms with Gasteiger partial charge in [-0.1, -0.05) is 0 Å². The molecule has 5 heterocycles. The molecule has 3 aromatic rings. The van der Waals surface area contributed by atoms with E-state index in [0.717, 1.165) is 42.4 Å². The summed E-state index contributed by atoms with van der Waals surface area (Å²) in [6, 6.07) is 6.41. The van der Waals surface area contributed by atoms with Crippen LogP contribution < -0.4 is 4.74 Å². The lowest BCUT2D eigenvalue weighted by Gasteiger charge is -2.40. The van der Waals surface area contributed by atoms with Gasteiger partial charge in [0.15, 0.2) is 5.75 Å². The summed E-state index contributed by atoms with van der Waals surface area (Å²) in [5.74, 6) is 1.21. The topological polar surface area (TPSA) is 82.4 Å². The lowest BCUT2D eigenvalue weighted by Crippen LogP contribution is -2.48. The zero-order valence-corrected chi connectivity index (χ0v) is 19.0. The molecule has 168 valence electrons. The number of rotatable bonds is 3. The van der Waals surface area contributed by atoms with Gasteiger partial charge in [0.05, 0.1) is 11.1 Å². The molecule has 0 unspecified atom stereocenters. The summed E-state index contributed by atoms with van der Waals surface area (Å²) in [6.45, 7) is 7.65. The zero-order chi connectivity index (χ0) is 22.5. The number of fused-ring (bicyclic) bond motifs is 3. The van der Waals surface area contributed by atoms with Crippen molar-refractivity contribution in [2.24, 2.45) is 0 Å². The van der Waals surface area contributed by atoms with Gasteiger partial charge >= 0.3 is 6.09 Å². The van der Waals surface area contributed by atoms with E-state index in [2.05, 4.69) is 25.7 Å². The van der Waals surface area contributed by atoms with E-state index in [1.165, 1.54) is 0 Å². The maximum absolute atomic E-state index is 12.8. The summed E-state index contributed by atoms with van der Waals surface area (Å²) < 4.78 is 14.0. The van der Waals surface area contributed by atoms with Crippen LogP contribution in [0, 0.1) is 6.92 Å². The number of aryl methyl sites for hydroxylation is 1. The molecule has 0 aromatic carbocycles. The van der Waals surface area contributed by atoms with Gasteiger partial charge in [0, 0.05) is 30.5 Å². The summed E-state index contributed by atoms with van der Waals surface area (Å²) >= 11 is 0. The van der Waals surface area contributed by atoms with Crippen LogP contribution in [-0.4, -0.2) is 48.2 Å². The van der Waals surface area contributed by atoms with Crippen LogP contribution >= 0.6 is 0 Å². The summed E-state index contributed by atoms with van der Waals surface area (Å²) in [5.41, 5.74) is 1.18. The predicted octanol–water partition coefficient (Wildman–Crippen LogP) is 5.03. The number of hydrogen-bond acceptors (Lipinski definition) is 6. The third-order valence-corrected chi connectivity index (χ3v) is 6.34. The van der Waals surface area contributed by atoms with Crippen molar-refractivity contribution in [2.45, 2.75) is 77.1 Å². The van der Waals surface area contributed by atoms with Crippen molar-refractivity contribution < 1.29 is 14.3 Å². The molecule has 0 spiro atoms. The number of pyridine rings is 1. The first kappa shape index (κ1) is 20.7. The van der Waals surface area contributed by atoms with Gasteiger partial charge < -0.3 is 18.9 Å². The number of piperidine rings is 1. The second-order valence-electron chi connectivity index (χ2n) is 9.73. The Balaban J connectivity index is 1.39. The third kappa shape index (κ3) is 3.78. The Hall–Kier alpha value is -3.16. The van der Waals surface area contributed by atoms with Gasteiger partial charge in [0.25, 0.3) is 0 Å². The smallest absolute Gasteiger partial charge is 0.410 e. The molecule has 8 nitrogen and oxygen atoms in total. The maximum Gasteiger partial charge on any atom is 0.410 e. The normalized spacial score (nSPS) is 22.9. The predicted molar refractivity (Wildman–Crippen MR) is 120 cm³/mol. The molecular formula is C24H29N5O3. The number of hydrogen-bond donors (Lipinski definition) is 0. The number of carbonyl (C=O) groups is 1. The van der Waals surface area contributed by atoms with Gasteiger partial charge in [0.2, 0.25) is 5.88 Å². The SMILES string of the molecule is Cc1ncccc1Oc1ncnc2c1ccn2C1C[C@@H]2CC[C@@H](C1)N2C(=O)OC(C)(C)C. The maximum atomic E-state index is 12.8. The van der Waals surface area contributed by atoms with E-state index >= 15 is 0 Å². The van der Waals surface area contributed by atoms with E-state index < -0.39 is 5.60 Å². The van der Waals surface area contributed by atoms with Gasteiger partial charge in [0.1, 0.15) is 17.6 Å². The van der Waals surface area contributed by atoms with Crippen LogP contribution in [0.25, 0.3) is 11.0 Å². The fourth-order valence-electron chi connectivity index (χ4n) is 4.99. The Bertz CT molecular complexity index is 1140. The highest BCUT2D eigenvalue weighted by Crippen LogP contribution is 2.43. The number of ether oxygens (including phenoxy) is 2. The quantitative estimate of drug-likeness (QED) is 0.574. The summed E-state index contributed by atoms with van der Waals surface area (Å²) in [6.07, 6.45) is 8.98. The van der Waals surface area contributed by atoms with E-state index in [0.29, 0.717) is 11.6 Å². The second kappa shape index (κ2) is 7.76. The summed E-state index contributed by atoms with van der Waals surface area (Å²) in [4.78, 5) is 28.0. The first-order chi connectivity index (χ1) is 15.3. The van der Waals surface area contributed by atoms with Crippen molar-refractivity contribution in [2.75, 3.05) is 0 Å². The van der Waals surface area contributed by atoms with Crippen LogP contribution in [-0.2, 0) is 4.74 Å². The van der Waals surface area contributed by atoms with Crippen LogP contribution in [0.5, 0.6) is 11.6 Å². The Kier molecular flexibility index (Phi) is 5.03. The third-order valence-electron chi connectivity index (χ3n) is 6.34. The molecule has 32 heavy (non-hydrogen) atoms. The second-order valence-corrected chi connectivity index (χ2v) is 9.73. The zero-order valence-electron chi connectivity index (χ0n) is 19.0. The molecule has 0 saturated carbocycles. The van der Waals surface area contributed by atoms with Crippen LogP contribution in [0.1, 0.15) is 58.2 Å². The van der Waals surface area contributed by atoms with Crippen molar-refractivity contribution in [1.82, 2.24) is 24.4 Å². The molecule has 2 aliphatic heterocycles. The lowest BCUT2D eigenvalue weighted by atomic mass is 9.97. The first-order valence-corrected chi connectivity index (χ1v) is 11.2. The molecule has 8 heteroatoms. The molecular weight excluding hydrogens is 406 g/mol. The minimum atomic E-state index is -0.482. The van der Waals surface area contributed by atoms with Gasteiger partial charge in [-0.05, 0) is 71.6 Å². The highest BCUT2D eigenvalue weighted by atomic mass is 16.6. The van der Waals surface area contributed by atoms with Crippen LogP contribution in [0.15, 0.2) is 36.9 Å². The van der Waals surface area contributed by atoms with Crippen molar-refractivity contribution in [3.63, 3.8) is 0 Å². The minimum Gasteiger partial charge on any atom is -0.444 e. The molecule has 0 aliphatic carbocycles. The molecule has 2 fully saturated rings. The highest BCUT2D eigenvalue weighted by molar-refractivity contribution is 5.81. The number of aromatic nitrogens is 4. The number of carbonyl (C=O) groups excluding carboxylic acids is 1. The van der Waals surface area contributed by atoms with Gasteiger partial charge in [-0.3, -0.25) is 4.98 Å². The summed E-state index contributed by atoms with van der Waals surface area (Å²) in [7, 11) is 0. The van der Waals surface area contributed by atoms with Gasteiger partial charge in [-0.15, -0.1) is 0 Å². The number of nitrogens with zero attached hydrogens (tertiary/aromatic N) is 5. The van der Waals surface area contributed by atoms with E-state index in [1.54, 1.807) is 12.5 Å². The lowest BCUT2D eigenvalue weighted by molar-refractivity contribution is 0.00314. The Morgan fingerprint density at radius 2 is 1.81 bits per heavy atom. The molecule has 3 aromatic heterocycles. The molecule has 5 rings (SSSR count). The molecule has 0 N–H and O–H groups in total. The fraction of sp³-hybridized carbons (Fsp3) is 0.500. The van der Waals surface area contributed by atoms with E-state index in [1.807, 2.05) is 50.8 Å². The van der Waals surface area contributed by atoms with E-state index in [-0.39, 0.29) is 24.2 Å². The van der Waals surface area contributed by atoms with Crippen LogP contribution in [0.2, 0.25) is 0 Å². The standard InChI is InChI=1S/C24H29N5O3/c1-15-20(6-5-10-25-15)31-22-19-9-11-28(21(19)26-14-27-22)18-12-16-7-8-17(13-18)29(16)23(30)32-24(2,3)4/h5-6,9-11,14,16-18H,7-8,12-13H2,1-4H3/t16-,17-/m0/s1. The van der Waals surface area contributed by atoms with Gasteiger partial charge in [-0.25, -0.2) is 14.8 Å². The molecule has 2 aliphatic rings.